The van der Waals surface area contributed by atoms with E-state index in [1.165, 1.54) is 16.0 Å². The molecule has 1 fully saturated rings. The van der Waals surface area contributed by atoms with Gasteiger partial charge in [-0.05, 0) is 31.4 Å². The SMILES string of the molecule is Cc1ccc(C=CS(=O)(=O)N2CCC(S(C)(=O)=O)CC2)cc1. The zero-order chi connectivity index (χ0) is 16.4. The van der Waals surface area contributed by atoms with Crippen LogP contribution in [-0.2, 0) is 19.9 Å². The lowest BCUT2D eigenvalue weighted by molar-refractivity contribution is 0.350. The Hall–Kier alpha value is -1.18. The Morgan fingerprint density at radius 3 is 2.09 bits per heavy atom. The lowest BCUT2D eigenvalue weighted by atomic mass is 10.2. The van der Waals surface area contributed by atoms with E-state index in [4.69, 9.17) is 0 Å². The highest BCUT2D eigenvalue weighted by molar-refractivity contribution is 7.92. The Bertz CT molecular complexity index is 741. The number of hydrogen-bond acceptors (Lipinski definition) is 4. The van der Waals surface area contributed by atoms with Crippen molar-refractivity contribution in [3.8, 4) is 0 Å². The van der Waals surface area contributed by atoms with Gasteiger partial charge in [0.2, 0.25) is 10.0 Å². The van der Waals surface area contributed by atoms with Crippen LogP contribution in [-0.4, -0.2) is 45.7 Å². The van der Waals surface area contributed by atoms with Gasteiger partial charge in [0.1, 0.15) is 9.84 Å². The van der Waals surface area contributed by atoms with Gasteiger partial charge in [0, 0.05) is 24.8 Å². The molecule has 5 nitrogen and oxygen atoms in total. The van der Waals surface area contributed by atoms with Gasteiger partial charge in [-0.3, -0.25) is 0 Å². The van der Waals surface area contributed by atoms with Crippen LogP contribution in [0.25, 0.3) is 6.08 Å². The third-order valence-corrected chi connectivity index (χ3v) is 7.12. The first kappa shape index (κ1) is 17.2. The number of rotatable bonds is 4. The molecule has 1 aromatic rings. The van der Waals surface area contributed by atoms with Crippen molar-refractivity contribution >= 4 is 25.9 Å². The average molecular weight is 343 g/mol. The monoisotopic (exact) mass is 343 g/mol. The largest absolute Gasteiger partial charge is 0.236 e. The molecule has 1 aliphatic heterocycles. The number of nitrogens with zero attached hydrogens (tertiary/aromatic N) is 1. The summed E-state index contributed by atoms with van der Waals surface area (Å²) >= 11 is 0. The fraction of sp³-hybridized carbons (Fsp3) is 0.467. The van der Waals surface area contributed by atoms with Gasteiger partial charge in [-0.15, -0.1) is 0 Å². The first-order valence-corrected chi connectivity index (χ1v) is 10.6. The molecule has 0 spiro atoms. The zero-order valence-corrected chi connectivity index (χ0v) is 14.4. The number of piperidine rings is 1. The quantitative estimate of drug-likeness (QED) is 0.836. The van der Waals surface area contributed by atoms with E-state index in [0.29, 0.717) is 12.8 Å². The maximum absolute atomic E-state index is 12.3. The molecule has 0 saturated carbocycles. The Balaban J connectivity index is 2.04. The van der Waals surface area contributed by atoms with Gasteiger partial charge in [-0.25, -0.2) is 16.8 Å². The second kappa shape index (κ2) is 6.52. The minimum Gasteiger partial charge on any atom is -0.229 e. The van der Waals surface area contributed by atoms with Crippen LogP contribution in [0.3, 0.4) is 0 Å². The topological polar surface area (TPSA) is 71.5 Å². The van der Waals surface area contributed by atoms with Crippen molar-refractivity contribution in [3.63, 3.8) is 0 Å². The molecule has 0 aliphatic carbocycles. The van der Waals surface area contributed by atoms with E-state index in [9.17, 15) is 16.8 Å². The molecule has 22 heavy (non-hydrogen) atoms. The summed E-state index contributed by atoms with van der Waals surface area (Å²) < 4.78 is 48.9. The van der Waals surface area contributed by atoms with Crippen molar-refractivity contribution in [2.75, 3.05) is 19.3 Å². The highest BCUT2D eigenvalue weighted by Gasteiger charge is 2.30. The predicted molar refractivity (Wildman–Crippen MR) is 88.6 cm³/mol. The van der Waals surface area contributed by atoms with Crippen molar-refractivity contribution in [2.45, 2.75) is 25.0 Å². The number of hydrogen-bond donors (Lipinski definition) is 0. The molecule has 0 bridgehead atoms. The normalized spacial score (nSPS) is 18.8. The van der Waals surface area contributed by atoms with Crippen LogP contribution in [0.4, 0.5) is 0 Å². The summed E-state index contributed by atoms with van der Waals surface area (Å²) in [6.07, 6.45) is 3.49. The van der Waals surface area contributed by atoms with Gasteiger partial charge in [0.05, 0.1) is 5.25 Å². The van der Waals surface area contributed by atoms with E-state index in [1.807, 2.05) is 31.2 Å². The summed E-state index contributed by atoms with van der Waals surface area (Å²) in [5, 5.41) is 0.762. The summed E-state index contributed by atoms with van der Waals surface area (Å²) in [5.41, 5.74) is 1.93. The van der Waals surface area contributed by atoms with Crippen LogP contribution in [0.15, 0.2) is 29.7 Å². The Morgan fingerprint density at radius 2 is 1.59 bits per heavy atom. The second-order valence-electron chi connectivity index (χ2n) is 5.69. The van der Waals surface area contributed by atoms with E-state index in [1.54, 1.807) is 6.08 Å². The van der Waals surface area contributed by atoms with Crippen molar-refractivity contribution in [1.29, 1.82) is 0 Å². The van der Waals surface area contributed by atoms with Crippen LogP contribution in [0.2, 0.25) is 0 Å². The third-order valence-electron chi connectivity index (χ3n) is 3.88. The molecule has 1 aromatic carbocycles. The molecule has 1 aliphatic rings. The van der Waals surface area contributed by atoms with E-state index >= 15 is 0 Å². The first-order valence-electron chi connectivity index (χ1n) is 7.12. The molecule has 0 N–H and O–H groups in total. The minimum atomic E-state index is -3.50. The molecule has 1 heterocycles. The molecule has 122 valence electrons. The average Bonchev–Trinajstić information content (AvgIpc) is 2.46. The van der Waals surface area contributed by atoms with Crippen molar-refractivity contribution in [3.05, 3.63) is 40.8 Å². The Morgan fingerprint density at radius 1 is 1.05 bits per heavy atom. The van der Waals surface area contributed by atoms with Gasteiger partial charge >= 0.3 is 0 Å². The van der Waals surface area contributed by atoms with Crippen LogP contribution in [0.1, 0.15) is 24.0 Å². The molecule has 0 unspecified atom stereocenters. The molecule has 0 radical (unpaired) electrons. The first-order chi connectivity index (χ1) is 10.2. The summed E-state index contributed by atoms with van der Waals surface area (Å²) in [6, 6.07) is 7.56. The van der Waals surface area contributed by atoms with Crippen LogP contribution >= 0.6 is 0 Å². The van der Waals surface area contributed by atoms with E-state index in [-0.39, 0.29) is 13.1 Å². The highest BCUT2D eigenvalue weighted by atomic mass is 32.2. The Kier molecular flexibility index (Phi) is 5.09. The lowest BCUT2D eigenvalue weighted by Crippen LogP contribution is -2.41. The maximum atomic E-state index is 12.3. The summed E-state index contributed by atoms with van der Waals surface area (Å²) in [4.78, 5) is 0. The van der Waals surface area contributed by atoms with Gasteiger partial charge in [0.25, 0.3) is 0 Å². The highest BCUT2D eigenvalue weighted by Crippen LogP contribution is 2.20. The molecule has 0 amide bonds. The minimum absolute atomic E-state index is 0.248. The van der Waals surface area contributed by atoms with E-state index in [2.05, 4.69) is 0 Å². The lowest BCUT2D eigenvalue weighted by Gasteiger charge is -2.29. The molecule has 1 saturated heterocycles. The fourth-order valence-electron chi connectivity index (χ4n) is 2.44. The fourth-order valence-corrected chi connectivity index (χ4v) is 4.73. The van der Waals surface area contributed by atoms with Crippen molar-refractivity contribution in [2.24, 2.45) is 0 Å². The maximum Gasteiger partial charge on any atom is 0.236 e. The van der Waals surface area contributed by atoms with Gasteiger partial charge in [-0.1, -0.05) is 29.8 Å². The summed E-state index contributed by atoms with van der Waals surface area (Å²) in [5.74, 6) is 0. The van der Waals surface area contributed by atoms with Crippen LogP contribution < -0.4 is 0 Å². The van der Waals surface area contributed by atoms with Gasteiger partial charge < -0.3 is 0 Å². The standard InChI is InChI=1S/C15H21NO4S2/c1-13-3-5-14(6-4-13)9-12-22(19,20)16-10-7-15(8-11-16)21(2,17)18/h3-6,9,12,15H,7-8,10-11H2,1-2H3. The molecule has 0 aromatic heterocycles. The summed E-state index contributed by atoms with van der Waals surface area (Å²) in [6.45, 7) is 2.47. The predicted octanol–water partition coefficient (Wildman–Crippen LogP) is 1.80. The number of sulfonamides is 1. The summed E-state index contributed by atoms with van der Waals surface area (Å²) in [7, 11) is -6.60. The van der Waals surface area contributed by atoms with Gasteiger partial charge in [0.15, 0.2) is 0 Å². The van der Waals surface area contributed by atoms with E-state index in [0.717, 1.165) is 11.1 Å². The van der Waals surface area contributed by atoms with Crippen LogP contribution in [0.5, 0.6) is 0 Å². The van der Waals surface area contributed by atoms with Crippen molar-refractivity contribution < 1.29 is 16.8 Å². The molecule has 0 atom stereocenters. The Labute approximate surface area is 132 Å². The molecular formula is C15H21NO4S2. The number of sulfone groups is 1. The molecule has 7 heteroatoms. The number of aryl methyl sites for hydroxylation is 1. The van der Waals surface area contributed by atoms with Crippen molar-refractivity contribution in [1.82, 2.24) is 4.31 Å². The second-order valence-corrected chi connectivity index (χ2v) is 9.83. The third kappa shape index (κ3) is 4.41. The van der Waals surface area contributed by atoms with Gasteiger partial charge in [-0.2, -0.15) is 4.31 Å². The number of benzene rings is 1. The molecule has 2 rings (SSSR count). The zero-order valence-electron chi connectivity index (χ0n) is 12.8. The smallest absolute Gasteiger partial charge is 0.229 e. The van der Waals surface area contributed by atoms with E-state index < -0.39 is 25.1 Å². The van der Waals surface area contributed by atoms with Crippen LogP contribution in [0, 0.1) is 6.92 Å². The molecular weight excluding hydrogens is 322 g/mol.